The molecule has 0 heterocycles. The number of nitrogens with zero attached hydrogens (tertiary/aromatic N) is 1. The van der Waals surface area contributed by atoms with Gasteiger partial charge in [-0.05, 0) is 32.3 Å². The van der Waals surface area contributed by atoms with Gasteiger partial charge in [-0.3, -0.25) is 0 Å². The van der Waals surface area contributed by atoms with E-state index in [4.69, 9.17) is 11.6 Å². The van der Waals surface area contributed by atoms with Gasteiger partial charge in [0.2, 0.25) is 0 Å². The average Bonchev–Trinajstić information content (AvgIpc) is 2.28. The van der Waals surface area contributed by atoms with Crippen LogP contribution in [0, 0.1) is 0 Å². The Labute approximate surface area is 106 Å². The second kappa shape index (κ2) is 12.5. The summed E-state index contributed by atoms with van der Waals surface area (Å²) < 4.78 is 0. The molecule has 0 aliphatic heterocycles. The smallest absolute Gasteiger partial charge is 0.132 e. The predicted octanol–water partition coefficient (Wildman–Crippen LogP) is 5.71. The third-order valence-corrected chi connectivity index (χ3v) is 2.21. The van der Waals surface area contributed by atoms with Crippen LogP contribution in [-0.4, -0.2) is 5.17 Å². The van der Waals surface area contributed by atoms with E-state index in [0.29, 0.717) is 5.17 Å². The first-order valence-electron chi connectivity index (χ1n) is 6.18. The molecule has 0 atom stereocenters. The van der Waals surface area contributed by atoms with Gasteiger partial charge in [0.1, 0.15) is 5.17 Å². The highest BCUT2D eigenvalue weighted by molar-refractivity contribution is 6.69. The van der Waals surface area contributed by atoms with E-state index < -0.39 is 0 Å². The van der Waals surface area contributed by atoms with E-state index in [1.54, 1.807) is 6.20 Å². The van der Waals surface area contributed by atoms with Crippen molar-refractivity contribution in [3.05, 3.63) is 23.4 Å². The van der Waals surface area contributed by atoms with E-state index in [-0.39, 0.29) is 0 Å². The van der Waals surface area contributed by atoms with E-state index in [1.165, 1.54) is 11.1 Å². The molecule has 1 nitrogen and oxygen atoms in total. The van der Waals surface area contributed by atoms with Gasteiger partial charge in [0.25, 0.3) is 0 Å². The minimum absolute atomic E-state index is 0.636. The summed E-state index contributed by atoms with van der Waals surface area (Å²) in [5.41, 5.74) is 2.43. The second-order valence-electron chi connectivity index (χ2n) is 3.44. The monoisotopic (exact) mass is 243 g/mol. The van der Waals surface area contributed by atoms with Gasteiger partial charge in [-0.15, -0.1) is 0 Å². The maximum Gasteiger partial charge on any atom is 0.132 e. The molecule has 0 saturated carbocycles. The largest absolute Gasteiger partial charge is 0.245 e. The Kier molecular flexibility index (Phi) is 13.9. The Morgan fingerprint density at radius 3 is 2.12 bits per heavy atom. The van der Waals surface area contributed by atoms with Crippen molar-refractivity contribution in [2.75, 3.05) is 0 Å². The second-order valence-corrected chi connectivity index (χ2v) is 3.80. The summed E-state index contributed by atoms with van der Waals surface area (Å²) in [6.07, 6.45) is 6.87. The molecule has 0 unspecified atom stereocenters. The van der Waals surface area contributed by atoms with Gasteiger partial charge >= 0.3 is 0 Å². The zero-order chi connectivity index (χ0) is 13.0. The van der Waals surface area contributed by atoms with Gasteiger partial charge in [0.05, 0.1) is 0 Å². The van der Waals surface area contributed by atoms with Crippen molar-refractivity contribution < 1.29 is 0 Å². The number of aliphatic imine (C=N–C) groups is 1. The summed E-state index contributed by atoms with van der Waals surface area (Å²) in [6.45, 7) is 12.4. The van der Waals surface area contributed by atoms with E-state index in [1.807, 2.05) is 19.9 Å². The summed E-state index contributed by atoms with van der Waals surface area (Å²) in [5.74, 6) is 0. The number of allylic oxidation sites excluding steroid dienone is 3. The Balaban J connectivity index is 0. The molecule has 0 aromatic heterocycles. The summed E-state index contributed by atoms with van der Waals surface area (Å²) in [7, 11) is 0. The Morgan fingerprint density at radius 1 is 1.19 bits per heavy atom. The Hall–Kier alpha value is -0.560. The van der Waals surface area contributed by atoms with Crippen molar-refractivity contribution in [1.82, 2.24) is 0 Å². The fraction of sp³-hybridized carbons (Fsp3) is 0.643. The SMILES string of the molecule is CC.CC/C=C/N=C(Cl)C(CCC)=C(C)C. The molecule has 0 fully saturated rings. The van der Waals surface area contributed by atoms with Gasteiger partial charge in [0, 0.05) is 6.20 Å². The van der Waals surface area contributed by atoms with Crippen LogP contribution >= 0.6 is 11.6 Å². The molecule has 0 N–H and O–H groups in total. The molecule has 94 valence electrons. The van der Waals surface area contributed by atoms with Crippen molar-refractivity contribution in [1.29, 1.82) is 0 Å². The summed E-state index contributed by atoms with van der Waals surface area (Å²) in [5, 5.41) is 0.636. The van der Waals surface area contributed by atoms with Crippen LogP contribution in [0.25, 0.3) is 0 Å². The molecule has 0 aromatic carbocycles. The first-order chi connectivity index (χ1) is 7.63. The lowest BCUT2D eigenvalue weighted by atomic mass is 10.1. The quantitative estimate of drug-likeness (QED) is 0.549. The van der Waals surface area contributed by atoms with Gasteiger partial charge in [-0.25, -0.2) is 4.99 Å². The lowest BCUT2D eigenvalue weighted by Crippen LogP contribution is -1.96. The predicted molar refractivity (Wildman–Crippen MR) is 77.3 cm³/mol. The molecule has 0 spiro atoms. The minimum atomic E-state index is 0.636. The summed E-state index contributed by atoms with van der Waals surface area (Å²) in [6, 6.07) is 0. The normalized spacial score (nSPS) is 11.1. The molecule has 0 amide bonds. The zero-order valence-electron chi connectivity index (χ0n) is 11.6. The molecule has 0 saturated heterocycles. The number of hydrogen-bond acceptors (Lipinski definition) is 1. The lowest BCUT2D eigenvalue weighted by Gasteiger charge is -2.05. The van der Waals surface area contributed by atoms with Crippen molar-refractivity contribution in [3.63, 3.8) is 0 Å². The Morgan fingerprint density at radius 2 is 1.75 bits per heavy atom. The summed E-state index contributed by atoms with van der Waals surface area (Å²) in [4.78, 5) is 4.20. The van der Waals surface area contributed by atoms with E-state index in [9.17, 15) is 0 Å². The lowest BCUT2D eigenvalue weighted by molar-refractivity contribution is 0.925. The first-order valence-corrected chi connectivity index (χ1v) is 6.56. The van der Waals surface area contributed by atoms with Gasteiger partial charge in [-0.1, -0.05) is 57.4 Å². The van der Waals surface area contributed by atoms with Crippen LogP contribution in [0.15, 0.2) is 28.4 Å². The standard InChI is InChI=1S/C12H20ClN.C2H6/c1-5-7-9-14-12(13)11(8-6-2)10(3)4;1-2/h7,9H,5-6,8H2,1-4H3;1-2H3/b9-7+,14-12?;. The molecule has 0 radical (unpaired) electrons. The van der Waals surface area contributed by atoms with Crippen molar-refractivity contribution in [3.8, 4) is 0 Å². The Bertz CT molecular complexity index is 245. The van der Waals surface area contributed by atoms with Gasteiger partial charge < -0.3 is 0 Å². The maximum atomic E-state index is 6.10. The van der Waals surface area contributed by atoms with Crippen LogP contribution < -0.4 is 0 Å². The minimum Gasteiger partial charge on any atom is -0.245 e. The molecule has 16 heavy (non-hydrogen) atoms. The number of hydrogen-bond donors (Lipinski definition) is 0. The highest BCUT2D eigenvalue weighted by Gasteiger charge is 2.03. The van der Waals surface area contributed by atoms with E-state index in [0.717, 1.165) is 19.3 Å². The highest BCUT2D eigenvalue weighted by Crippen LogP contribution is 2.15. The first kappa shape index (κ1) is 17.8. The molecular weight excluding hydrogens is 218 g/mol. The molecule has 0 aliphatic carbocycles. The molecule has 2 heteroatoms. The zero-order valence-corrected chi connectivity index (χ0v) is 12.4. The van der Waals surface area contributed by atoms with Crippen LogP contribution in [-0.2, 0) is 0 Å². The van der Waals surface area contributed by atoms with Crippen molar-refractivity contribution >= 4 is 16.8 Å². The highest BCUT2D eigenvalue weighted by atomic mass is 35.5. The van der Waals surface area contributed by atoms with Crippen LogP contribution in [0.5, 0.6) is 0 Å². The third kappa shape index (κ3) is 8.72. The van der Waals surface area contributed by atoms with Gasteiger partial charge in [0.15, 0.2) is 0 Å². The van der Waals surface area contributed by atoms with E-state index >= 15 is 0 Å². The van der Waals surface area contributed by atoms with Crippen LogP contribution in [0.3, 0.4) is 0 Å². The van der Waals surface area contributed by atoms with Crippen molar-refractivity contribution in [2.45, 2.75) is 60.8 Å². The number of halogens is 1. The molecule has 0 bridgehead atoms. The topological polar surface area (TPSA) is 12.4 Å². The van der Waals surface area contributed by atoms with Crippen molar-refractivity contribution in [2.24, 2.45) is 4.99 Å². The van der Waals surface area contributed by atoms with E-state index in [2.05, 4.69) is 32.7 Å². The van der Waals surface area contributed by atoms with Crippen LogP contribution in [0.4, 0.5) is 0 Å². The van der Waals surface area contributed by atoms with Gasteiger partial charge in [-0.2, -0.15) is 0 Å². The molecule has 0 aromatic rings. The molecule has 0 aliphatic rings. The fourth-order valence-corrected chi connectivity index (χ4v) is 1.45. The number of rotatable bonds is 5. The van der Waals surface area contributed by atoms with Crippen LogP contribution in [0.1, 0.15) is 60.8 Å². The molecule has 0 rings (SSSR count). The summed E-state index contributed by atoms with van der Waals surface area (Å²) >= 11 is 6.10. The average molecular weight is 244 g/mol. The maximum absolute atomic E-state index is 6.10. The van der Waals surface area contributed by atoms with Crippen LogP contribution in [0.2, 0.25) is 0 Å². The third-order valence-electron chi connectivity index (χ3n) is 1.88. The molecular formula is C14H26ClN. The fourth-order valence-electron chi connectivity index (χ4n) is 1.11.